The van der Waals surface area contributed by atoms with E-state index in [1.165, 1.54) is 30.2 Å². The molecular formula is C13H18N2O4. The Morgan fingerprint density at radius 3 is 2.63 bits per heavy atom. The third kappa shape index (κ3) is 3.61. The number of nitrogens with two attached hydrogens (primary N) is 1. The van der Waals surface area contributed by atoms with Crippen LogP contribution in [0.25, 0.3) is 0 Å². The highest BCUT2D eigenvalue weighted by Crippen LogP contribution is 2.21. The van der Waals surface area contributed by atoms with Crippen molar-refractivity contribution in [3.63, 3.8) is 0 Å². The molecule has 0 aliphatic heterocycles. The van der Waals surface area contributed by atoms with Crippen LogP contribution in [-0.2, 0) is 9.53 Å². The highest BCUT2D eigenvalue weighted by atomic mass is 16.5. The maximum absolute atomic E-state index is 12.1. The molecule has 1 unspecified atom stereocenters. The summed E-state index contributed by atoms with van der Waals surface area (Å²) < 4.78 is 4.60. The summed E-state index contributed by atoms with van der Waals surface area (Å²) in [5.41, 5.74) is 5.99. The molecule has 0 aliphatic rings. The maximum Gasteiger partial charge on any atom is 0.310 e. The summed E-state index contributed by atoms with van der Waals surface area (Å²) in [4.78, 5) is 24.8. The Labute approximate surface area is 111 Å². The quantitative estimate of drug-likeness (QED) is 0.479. The van der Waals surface area contributed by atoms with Crippen molar-refractivity contribution in [1.29, 1.82) is 0 Å². The fraction of sp³-hybridized carbons (Fsp3) is 0.385. The number of rotatable bonds is 4. The number of methoxy groups -OCH3 is 1. The second-order valence-electron chi connectivity index (χ2n) is 4.38. The molecule has 0 fully saturated rings. The van der Waals surface area contributed by atoms with E-state index in [1.54, 1.807) is 14.0 Å². The molecule has 1 aromatic rings. The van der Waals surface area contributed by atoms with E-state index in [0.717, 1.165) is 0 Å². The lowest BCUT2D eigenvalue weighted by atomic mass is 10.1. The average Bonchev–Trinajstić information content (AvgIpc) is 2.39. The molecule has 1 rings (SSSR count). The Kier molecular flexibility index (Phi) is 4.74. The van der Waals surface area contributed by atoms with Gasteiger partial charge in [0.1, 0.15) is 5.75 Å². The van der Waals surface area contributed by atoms with Gasteiger partial charge in [0.2, 0.25) is 0 Å². The van der Waals surface area contributed by atoms with E-state index in [2.05, 4.69) is 4.74 Å². The zero-order chi connectivity index (χ0) is 14.6. The first-order valence-corrected chi connectivity index (χ1v) is 5.78. The fourth-order valence-corrected chi connectivity index (χ4v) is 1.67. The summed E-state index contributed by atoms with van der Waals surface area (Å²) in [6, 6.07) is 4.29. The van der Waals surface area contributed by atoms with Crippen LogP contribution in [0.5, 0.6) is 5.75 Å². The number of aromatic hydroxyl groups is 1. The van der Waals surface area contributed by atoms with Crippen molar-refractivity contribution in [2.45, 2.75) is 6.92 Å². The minimum Gasteiger partial charge on any atom is -0.506 e. The van der Waals surface area contributed by atoms with Gasteiger partial charge in [-0.25, -0.2) is 0 Å². The van der Waals surface area contributed by atoms with Gasteiger partial charge in [0.25, 0.3) is 5.91 Å². The van der Waals surface area contributed by atoms with Crippen molar-refractivity contribution in [3.8, 4) is 5.75 Å². The van der Waals surface area contributed by atoms with Crippen LogP contribution in [-0.4, -0.2) is 42.6 Å². The van der Waals surface area contributed by atoms with Gasteiger partial charge in [-0.2, -0.15) is 0 Å². The Hall–Kier alpha value is -2.24. The van der Waals surface area contributed by atoms with Crippen LogP contribution < -0.4 is 5.73 Å². The number of esters is 1. The second-order valence-corrected chi connectivity index (χ2v) is 4.38. The third-order valence-corrected chi connectivity index (χ3v) is 2.78. The monoisotopic (exact) mass is 266 g/mol. The van der Waals surface area contributed by atoms with Crippen molar-refractivity contribution < 1.29 is 19.4 Å². The summed E-state index contributed by atoms with van der Waals surface area (Å²) in [5, 5.41) is 9.47. The lowest BCUT2D eigenvalue weighted by Crippen LogP contribution is -2.34. The summed E-state index contributed by atoms with van der Waals surface area (Å²) in [5.74, 6) is -1.23. The average molecular weight is 266 g/mol. The highest BCUT2D eigenvalue weighted by molar-refractivity contribution is 5.95. The molecule has 0 spiro atoms. The number of phenols is 1. The standard InChI is InChI=1S/C13H18N2O4/c1-8(13(18)19-3)7-15(2)12(17)9-4-5-10(14)11(16)6-9/h4-6,8,16H,7,14H2,1-3H3. The molecule has 0 heterocycles. The van der Waals surface area contributed by atoms with Gasteiger partial charge in [-0.15, -0.1) is 0 Å². The molecule has 0 aliphatic carbocycles. The number of nitrogen functional groups attached to an aromatic ring is 1. The van der Waals surface area contributed by atoms with Gasteiger partial charge in [0.15, 0.2) is 0 Å². The van der Waals surface area contributed by atoms with Gasteiger partial charge in [0, 0.05) is 19.2 Å². The Morgan fingerprint density at radius 2 is 2.11 bits per heavy atom. The zero-order valence-electron chi connectivity index (χ0n) is 11.2. The van der Waals surface area contributed by atoms with Crippen LogP contribution in [0.4, 0.5) is 5.69 Å². The molecule has 1 amide bonds. The van der Waals surface area contributed by atoms with E-state index < -0.39 is 5.92 Å². The molecule has 0 aromatic heterocycles. The molecular weight excluding hydrogens is 248 g/mol. The first kappa shape index (κ1) is 14.8. The minimum absolute atomic E-state index is 0.139. The van der Waals surface area contributed by atoms with E-state index in [4.69, 9.17) is 5.73 Å². The molecule has 0 saturated heterocycles. The van der Waals surface area contributed by atoms with Crippen LogP contribution in [0.15, 0.2) is 18.2 Å². The van der Waals surface area contributed by atoms with Gasteiger partial charge in [-0.1, -0.05) is 6.92 Å². The summed E-state index contributed by atoms with van der Waals surface area (Å²) >= 11 is 0. The Bertz CT molecular complexity index is 488. The van der Waals surface area contributed by atoms with Crippen molar-refractivity contribution in [1.82, 2.24) is 4.90 Å². The lowest BCUT2D eigenvalue weighted by molar-refractivity contribution is -0.145. The molecule has 104 valence electrons. The maximum atomic E-state index is 12.1. The van der Waals surface area contributed by atoms with Gasteiger partial charge >= 0.3 is 5.97 Å². The summed E-state index contributed by atoms with van der Waals surface area (Å²) in [6.45, 7) is 1.91. The van der Waals surface area contributed by atoms with Crippen molar-refractivity contribution in [2.24, 2.45) is 5.92 Å². The number of phenolic OH excluding ortho intramolecular Hbond substituents is 1. The van der Waals surface area contributed by atoms with Crippen LogP contribution in [0.2, 0.25) is 0 Å². The predicted molar refractivity (Wildman–Crippen MR) is 70.7 cm³/mol. The van der Waals surface area contributed by atoms with E-state index in [-0.39, 0.29) is 29.9 Å². The predicted octanol–water partition coefficient (Wildman–Crippen LogP) is 0.855. The van der Waals surface area contributed by atoms with Gasteiger partial charge in [-0.05, 0) is 18.2 Å². The first-order valence-electron chi connectivity index (χ1n) is 5.78. The van der Waals surface area contributed by atoms with E-state index >= 15 is 0 Å². The largest absolute Gasteiger partial charge is 0.506 e. The molecule has 0 saturated carbocycles. The van der Waals surface area contributed by atoms with Crippen molar-refractivity contribution in [3.05, 3.63) is 23.8 Å². The number of nitrogens with zero attached hydrogens (tertiary/aromatic N) is 1. The third-order valence-electron chi connectivity index (χ3n) is 2.78. The van der Waals surface area contributed by atoms with E-state index in [1.807, 2.05) is 0 Å². The SMILES string of the molecule is COC(=O)C(C)CN(C)C(=O)c1ccc(N)c(O)c1. The fourth-order valence-electron chi connectivity index (χ4n) is 1.67. The molecule has 6 nitrogen and oxygen atoms in total. The molecule has 0 bridgehead atoms. The number of hydrogen-bond donors (Lipinski definition) is 2. The topological polar surface area (TPSA) is 92.9 Å². The number of benzene rings is 1. The molecule has 0 radical (unpaired) electrons. The molecule has 1 aromatic carbocycles. The molecule has 6 heteroatoms. The second kappa shape index (κ2) is 6.08. The number of hydrogen-bond acceptors (Lipinski definition) is 5. The van der Waals surface area contributed by atoms with Gasteiger partial charge in [-0.3, -0.25) is 9.59 Å². The molecule has 3 N–H and O–H groups in total. The van der Waals surface area contributed by atoms with Crippen LogP contribution in [0.1, 0.15) is 17.3 Å². The number of carbonyl (C=O) groups excluding carboxylic acids is 2. The molecule has 1 atom stereocenters. The number of anilines is 1. The first-order chi connectivity index (χ1) is 8.86. The number of amides is 1. The van der Waals surface area contributed by atoms with Crippen LogP contribution in [0, 0.1) is 5.92 Å². The van der Waals surface area contributed by atoms with Crippen LogP contribution in [0.3, 0.4) is 0 Å². The smallest absolute Gasteiger partial charge is 0.310 e. The highest BCUT2D eigenvalue weighted by Gasteiger charge is 2.20. The summed E-state index contributed by atoms with van der Waals surface area (Å²) in [6.07, 6.45) is 0. The van der Waals surface area contributed by atoms with Crippen LogP contribution >= 0.6 is 0 Å². The Balaban J connectivity index is 2.76. The van der Waals surface area contributed by atoms with Gasteiger partial charge in [0.05, 0.1) is 18.7 Å². The van der Waals surface area contributed by atoms with E-state index in [9.17, 15) is 14.7 Å². The molecule has 19 heavy (non-hydrogen) atoms. The van der Waals surface area contributed by atoms with Crippen molar-refractivity contribution in [2.75, 3.05) is 26.4 Å². The Morgan fingerprint density at radius 1 is 1.47 bits per heavy atom. The van der Waals surface area contributed by atoms with Crippen molar-refractivity contribution >= 4 is 17.6 Å². The van der Waals surface area contributed by atoms with E-state index in [0.29, 0.717) is 5.56 Å². The summed E-state index contributed by atoms with van der Waals surface area (Å²) in [7, 11) is 2.88. The lowest BCUT2D eigenvalue weighted by Gasteiger charge is -2.20. The number of carbonyl (C=O) groups is 2. The number of ether oxygens (including phenoxy) is 1. The minimum atomic E-state index is -0.415. The normalized spacial score (nSPS) is 11.7. The van der Waals surface area contributed by atoms with Gasteiger partial charge < -0.3 is 20.5 Å². The zero-order valence-corrected chi connectivity index (χ0v) is 11.2.